The van der Waals surface area contributed by atoms with E-state index in [1.165, 1.54) is 6.20 Å². The van der Waals surface area contributed by atoms with Crippen molar-refractivity contribution < 1.29 is 57.1 Å². The van der Waals surface area contributed by atoms with Gasteiger partial charge in [0.25, 0.3) is 0 Å². The first kappa shape index (κ1) is 34.5. The number of halogens is 3. The zero-order valence-corrected chi connectivity index (χ0v) is 26.1. The van der Waals surface area contributed by atoms with E-state index in [-0.39, 0.29) is 29.7 Å². The summed E-state index contributed by atoms with van der Waals surface area (Å²) in [5.74, 6) is -5.74. The number of nitrogens with zero attached hydrogens (tertiary/aromatic N) is 5. The number of piperidine rings is 1. The van der Waals surface area contributed by atoms with Crippen LogP contribution in [0.25, 0.3) is 11.3 Å². The minimum Gasteiger partial charge on any atom is -0.480 e. The number of benzene rings is 1. The second kappa shape index (κ2) is 14.1. The van der Waals surface area contributed by atoms with Crippen LogP contribution in [0.1, 0.15) is 52.5 Å². The fourth-order valence-corrected chi connectivity index (χ4v) is 6.09. The minimum absolute atomic E-state index is 0.0644. The largest absolute Gasteiger partial charge is 0.480 e. The number of hydrogen-bond donors (Lipinski definition) is 3. The fourth-order valence-electron chi connectivity index (χ4n) is 6.09. The summed E-state index contributed by atoms with van der Waals surface area (Å²) in [5, 5.41) is 42.8. The molecule has 0 bridgehead atoms. The molecule has 17 heteroatoms. The van der Waals surface area contributed by atoms with Crippen LogP contribution >= 0.6 is 0 Å². The molecule has 47 heavy (non-hydrogen) atoms. The van der Waals surface area contributed by atoms with Crippen LogP contribution in [0.4, 0.5) is 18.0 Å². The third-order valence-electron chi connectivity index (χ3n) is 8.33. The van der Waals surface area contributed by atoms with E-state index in [4.69, 9.17) is 19.0 Å². The molecule has 0 aliphatic carbocycles. The van der Waals surface area contributed by atoms with Gasteiger partial charge >= 0.3 is 12.1 Å². The number of carboxylic acid groups (broad SMARTS) is 1. The standard InChI is InChI=1S/C30H38F3N5O9/c1-30(2,3)46-29(43)37-6-4-15(5-7-37)20-10-17(47-35-20)11-22-28(44-14-24(40)41)26(27(42)23(13-39)45-22)38-12-21(34-36-38)16-8-18(31)25(33)19(32)9-16/h8-9,12,15,17,22-23,26-28,39,42H,4-7,10-11,13-14H2,1-3H3,(H,40,41)/t17-,22-,23-,26+,27+,28+/m1/s1. The molecule has 2 saturated heterocycles. The van der Waals surface area contributed by atoms with E-state index in [0.717, 1.165) is 22.5 Å². The monoisotopic (exact) mass is 669 g/mol. The normalized spacial score (nSPS) is 27.0. The number of likely N-dealkylation sites (tertiary alicyclic amines) is 1. The summed E-state index contributed by atoms with van der Waals surface area (Å²) in [7, 11) is 0. The zero-order chi connectivity index (χ0) is 34.0. The van der Waals surface area contributed by atoms with Gasteiger partial charge in [0.1, 0.15) is 48.4 Å². The molecule has 0 saturated carbocycles. The van der Waals surface area contributed by atoms with Gasteiger partial charge in [-0.1, -0.05) is 10.4 Å². The second-order valence-corrected chi connectivity index (χ2v) is 12.9. The summed E-state index contributed by atoms with van der Waals surface area (Å²) < 4.78 is 59.7. The van der Waals surface area contributed by atoms with Gasteiger partial charge in [-0.15, -0.1) is 5.10 Å². The van der Waals surface area contributed by atoms with Gasteiger partial charge in [-0.25, -0.2) is 27.4 Å². The maximum Gasteiger partial charge on any atom is 0.410 e. The zero-order valence-electron chi connectivity index (χ0n) is 26.1. The number of carbonyl (C=O) groups is 2. The Bertz CT molecular complexity index is 1450. The van der Waals surface area contributed by atoms with Gasteiger partial charge in [0.15, 0.2) is 17.5 Å². The van der Waals surface area contributed by atoms with Gasteiger partial charge < -0.3 is 39.3 Å². The number of carboxylic acids is 1. The molecule has 14 nitrogen and oxygen atoms in total. The highest BCUT2D eigenvalue weighted by atomic mass is 19.2. The number of carbonyl (C=O) groups excluding carboxylic acids is 1. The molecule has 2 aromatic rings. The van der Waals surface area contributed by atoms with Crippen molar-refractivity contribution in [1.82, 2.24) is 19.9 Å². The predicted molar refractivity (Wildman–Crippen MR) is 156 cm³/mol. The van der Waals surface area contributed by atoms with Gasteiger partial charge in [-0.3, -0.25) is 0 Å². The Labute approximate surface area is 268 Å². The molecular formula is C30H38F3N5O9. The molecule has 2 fully saturated rings. The van der Waals surface area contributed by atoms with E-state index >= 15 is 0 Å². The van der Waals surface area contributed by atoms with Crippen LogP contribution < -0.4 is 0 Å². The molecule has 1 aromatic carbocycles. The molecule has 3 N–H and O–H groups in total. The first-order valence-corrected chi connectivity index (χ1v) is 15.3. The van der Waals surface area contributed by atoms with Crippen molar-refractivity contribution in [2.45, 2.75) is 88.6 Å². The lowest BCUT2D eigenvalue weighted by Gasteiger charge is -2.44. The van der Waals surface area contributed by atoms with Crippen molar-refractivity contribution >= 4 is 17.8 Å². The minimum atomic E-state index is -1.65. The van der Waals surface area contributed by atoms with Gasteiger partial charge in [0.2, 0.25) is 0 Å². The van der Waals surface area contributed by atoms with Crippen molar-refractivity contribution in [1.29, 1.82) is 0 Å². The van der Waals surface area contributed by atoms with Gasteiger partial charge in [-0.05, 0) is 45.7 Å². The van der Waals surface area contributed by atoms with Crippen molar-refractivity contribution in [2.75, 3.05) is 26.3 Å². The molecular weight excluding hydrogens is 631 g/mol. The molecule has 0 radical (unpaired) electrons. The Morgan fingerprint density at radius 1 is 1.11 bits per heavy atom. The third kappa shape index (κ3) is 8.02. The topological polar surface area (TPSA) is 178 Å². The van der Waals surface area contributed by atoms with E-state index in [1.807, 2.05) is 20.8 Å². The van der Waals surface area contributed by atoms with Gasteiger partial charge in [0, 0.05) is 37.4 Å². The number of aliphatic hydroxyl groups is 2. The summed E-state index contributed by atoms with van der Waals surface area (Å²) >= 11 is 0. The van der Waals surface area contributed by atoms with Crippen LogP contribution in [0, 0.1) is 23.4 Å². The van der Waals surface area contributed by atoms with Gasteiger partial charge in [0.05, 0.1) is 24.6 Å². The van der Waals surface area contributed by atoms with E-state index in [0.29, 0.717) is 32.4 Å². The molecule has 258 valence electrons. The molecule has 3 aliphatic heterocycles. The fraction of sp³-hybridized carbons (Fsp3) is 0.633. The molecule has 4 heterocycles. The van der Waals surface area contributed by atoms with Crippen LogP contribution in [0.2, 0.25) is 0 Å². The molecule has 0 unspecified atom stereocenters. The number of rotatable bonds is 9. The van der Waals surface area contributed by atoms with Crippen LogP contribution in [0.3, 0.4) is 0 Å². The smallest absolute Gasteiger partial charge is 0.410 e. The quantitative estimate of drug-likeness (QED) is 0.335. The number of ether oxygens (including phenoxy) is 3. The lowest BCUT2D eigenvalue weighted by atomic mass is 9.86. The van der Waals surface area contributed by atoms with Crippen molar-refractivity contribution in [3.8, 4) is 11.3 Å². The van der Waals surface area contributed by atoms with E-state index in [9.17, 15) is 38.1 Å². The number of oxime groups is 1. The lowest BCUT2D eigenvalue weighted by molar-refractivity contribution is -0.226. The van der Waals surface area contributed by atoms with E-state index in [1.54, 1.807) is 4.90 Å². The summed E-state index contributed by atoms with van der Waals surface area (Å²) in [6.07, 6.45) is -2.48. The highest BCUT2D eigenvalue weighted by molar-refractivity contribution is 5.88. The Morgan fingerprint density at radius 3 is 2.40 bits per heavy atom. The SMILES string of the molecule is CC(C)(C)OC(=O)N1CCC(C2=NO[C@@H](C[C@H]3O[C@H](CO)[C@H](O)[C@H](n4cc(-c5cc(F)c(F)c(F)c5)nn4)[C@H]3OCC(=O)O)C2)CC1. The Balaban J connectivity index is 1.29. The molecule has 3 aliphatic rings. The first-order chi connectivity index (χ1) is 22.2. The van der Waals surface area contributed by atoms with E-state index in [2.05, 4.69) is 15.5 Å². The van der Waals surface area contributed by atoms with Crippen LogP contribution in [-0.2, 0) is 23.8 Å². The highest BCUT2D eigenvalue weighted by Gasteiger charge is 2.49. The van der Waals surface area contributed by atoms with Crippen molar-refractivity contribution in [3.63, 3.8) is 0 Å². The summed E-state index contributed by atoms with van der Waals surface area (Å²) in [5.41, 5.74) is 0.0194. The average molecular weight is 670 g/mol. The molecule has 0 spiro atoms. The molecule has 1 aromatic heterocycles. The van der Waals surface area contributed by atoms with Gasteiger partial charge in [-0.2, -0.15) is 0 Å². The van der Waals surface area contributed by atoms with Crippen LogP contribution in [0.15, 0.2) is 23.5 Å². The summed E-state index contributed by atoms with van der Waals surface area (Å²) in [6.45, 7) is 5.04. The van der Waals surface area contributed by atoms with Crippen molar-refractivity contribution in [3.05, 3.63) is 35.8 Å². The number of hydrogen-bond acceptors (Lipinski definition) is 11. The average Bonchev–Trinajstić information content (AvgIpc) is 3.69. The molecule has 1 amide bonds. The number of aliphatic carboxylic acids is 1. The third-order valence-corrected chi connectivity index (χ3v) is 8.33. The van der Waals surface area contributed by atoms with Crippen LogP contribution in [0.5, 0.6) is 0 Å². The molecule has 6 atom stereocenters. The maximum atomic E-state index is 13.9. The van der Waals surface area contributed by atoms with Crippen LogP contribution in [-0.4, -0.2) is 115 Å². The number of aromatic nitrogens is 3. The summed E-state index contributed by atoms with van der Waals surface area (Å²) in [4.78, 5) is 31.3. The summed E-state index contributed by atoms with van der Waals surface area (Å²) in [6, 6.07) is 0.309. The number of amides is 1. The van der Waals surface area contributed by atoms with E-state index < -0.39 is 78.8 Å². The Hall–Kier alpha value is -3.80. The first-order valence-electron chi connectivity index (χ1n) is 15.3. The predicted octanol–water partition coefficient (Wildman–Crippen LogP) is 2.68. The lowest BCUT2D eigenvalue weighted by Crippen LogP contribution is -2.57. The Morgan fingerprint density at radius 2 is 1.79 bits per heavy atom. The highest BCUT2D eigenvalue weighted by Crippen LogP contribution is 2.37. The maximum absolute atomic E-state index is 13.9. The number of aliphatic hydroxyl groups excluding tert-OH is 2. The Kier molecular flexibility index (Phi) is 10.4. The second-order valence-electron chi connectivity index (χ2n) is 12.9. The van der Waals surface area contributed by atoms with Crippen molar-refractivity contribution in [2.24, 2.45) is 11.1 Å². The molecule has 5 rings (SSSR count).